The molecule has 0 saturated carbocycles. The lowest BCUT2D eigenvalue weighted by Gasteiger charge is -2.34. The van der Waals surface area contributed by atoms with Gasteiger partial charge in [-0.15, -0.1) is 0 Å². The summed E-state index contributed by atoms with van der Waals surface area (Å²) in [5.41, 5.74) is 2.78. The molecule has 2 nitrogen and oxygen atoms in total. The van der Waals surface area contributed by atoms with Crippen LogP contribution in [0.4, 0.5) is 5.69 Å². The summed E-state index contributed by atoms with van der Waals surface area (Å²) < 4.78 is 0. The summed E-state index contributed by atoms with van der Waals surface area (Å²) in [6, 6.07) is 22.2. The lowest BCUT2D eigenvalue weighted by molar-refractivity contribution is 0.417. The van der Waals surface area contributed by atoms with E-state index in [1.165, 1.54) is 24.1 Å². The van der Waals surface area contributed by atoms with Gasteiger partial charge in [0.1, 0.15) is 0 Å². The molecule has 2 aromatic rings. The van der Waals surface area contributed by atoms with Crippen molar-refractivity contribution in [1.29, 1.82) is 0 Å². The molecule has 0 spiro atoms. The van der Waals surface area contributed by atoms with Gasteiger partial charge in [-0.05, 0) is 43.5 Å². The van der Waals surface area contributed by atoms with E-state index in [1.807, 2.05) is 0 Å². The molecule has 2 aromatic carbocycles. The predicted molar refractivity (Wildman–Crippen MR) is 89.8 cm³/mol. The van der Waals surface area contributed by atoms with Gasteiger partial charge in [-0.1, -0.05) is 48.5 Å². The highest BCUT2D eigenvalue weighted by atomic mass is 15.1. The van der Waals surface area contributed by atoms with E-state index in [4.69, 9.17) is 0 Å². The highest BCUT2D eigenvalue weighted by molar-refractivity contribution is 5.46. The van der Waals surface area contributed by atoms with Crippen molar-refractivity contribution in [3.63, 3.8) is 0 Å². The number of piperidine rings is 1. The van der Waals surface area contributed by atoms with E-state index in [2.05, 4.69) is 70.9 Å². The molecular weight excluding hydrogens is 256 g/mol. The number of nitrogens with one attached hydrogen (secondary N) is 1. The molecule has 0 bridgehead atoms. The molecular formula is C19H24N2. The Bertz CT molecular complexity index is 513. The summed E-state index contributed by atoms with van der Waals surface area (Å²) in [4.78, 5) is 2.50. The third-order valence-corrected chi connectivity index (χ3v) is 4.31. The smallest absolute Gasteiger partial charge is 0.0366 e. The largest absolute Gasteiger partial charge is 0.371 e. The number of hydrogen-bond acceptors (Lipinski definition) is 2. The van der Waals surface area contributed by atoms with Crippen molar-refractivity contribution < 1.29 is 0 Å². The Morgan fingerprint density at radius 1 is 0.857 bits per heavy atom. The van der Waals surface area contributed by atoms with Crippen molar-refractivity contribution in [2.75, 3.05) is 24.5 Å². The molecule has 110 valence electrons. The first-order chi connectivity index (χ1) is 10.4. The van der Waals surface area contributed by atoms with E-state index >= 15 is 0 Å². The van der Waals surface area contributed by atoms with Crippen molar-refractivity contribution in [2.45, 2.75) is 25.3 Å². The average molecular weight is 280 g/mol. The van der Waals surface area contributed by atoms with Crippen molar-refractivity contribution in [3.05, 3.63) is 66.2 Å². The van der Waals surface area contributed by atoms with E-state index in [9.17, 15) is 0 Å². The SMILES string of the molecule is c1ccc(CCNC2CCN(c3ccccc3)CC2)cc1. The molecule has 1 aliphatic heterocycles. The Hall–Kier alpha value is -1.80. The molecule has 1 N–H and O–H groups in total. The summed E-state index contributed by atoms with van der Waals surface area (Å²) in [6.45, 7) is 3.40. The van der Waals surface area contributed by atoms with Crippen LogP contribution in [-0.4, -0.2) is 25.7 Å². The van der Waals surface area contributed by atoms with Gasteiger partial charge < -0.3 is 10.2 Å². The van der Waals surface area contributed by atoms with Crippen LogP contribution in [0.25, 0.3) is 0 Å². The molecule has 1 heterocycles. The van der Waals surface area contributed by atoms with Gasteiger partial charge in [0.2, 0.25) is 0 Å². The van der Waals surface area contributed by atoms with E-state index < -0.39 is 0 Å². The Labute approximate surface area is 127 Å². The zero-order valence-electron chi connectivity index (χ0n) is 12.5. The highest BCUT2D eigenvalue weighted by Crippen LogP contribution is 2.19. The van der Waals surface area contributed by atoms with Gasteiger partial charge in [-0.2, -0.15) is 0 Å². The van der Waals surface area contributed by atoms with Gasteiger partial charge in [-0.3, -0.25) is 0 Å². The molecule has 2 heteroatoms. The maximum absolute atomic E-state index is 3.72. The zero-order valence-corrected chi connectivity index (χ0v) is 12.5. The van der Waals surface area contributed by atoms with Gasteiger partial charge >= 0.3 is 0 Å². The summed E-state index contributed by atoms with van der Waals surface area (Å²) in [7, 11) is 0. The normalized spacial score (nSPS) is 16.1. The molecule has 3 rings (SSSR count). The number of hydrogen-bond donors (Lipinski definition) is 1. The van der Waals surface area contributed by atoms with Crippen molar-refractivity contribution >= 4 is 5.69 Å². The lowest BCUT2D eigenvalue weighted by Crippen LogP contribution is -2.43. The lowest BCUT2D eigenvalue weighted by atomic mass is 10.0. The summed E-state index contributed by atoms with van der Waals surface area (Å²) in [5.74, 6) is 0. The van der Waals surface area contributed by atoms with Crippen LogP contribution in [-0.2, 0) is 6.42 Å². The fraction of sp³-hybridized carbons (Fsp3) is 0.368. The Kier molecular flexibility index (Phi) is 4.90. The minimum atomic E-state index is 0.675. The van der Waals surface area contributed by atoms with Crippen LogP contribution in [0, 0.1) is 0 Å². The van der Waals surface area contributed by atoms with E-state index in [0.29, 0.717) is 6.04 Å². The average Bonchev–Trinajstić information content (AvgIpc) is 2.57. The maximum atomic E-state index is 3.72. The monoisotopic (exact) mass is 280 g/mol. The van der Waals surface area contributed by atoms with Crippen molar-refractivity contribution in [1.82, 2.24) is 5.32 Å². The second-order valence-corrected chi connectivity index (χ2v) is 5.79. The summed E-state index contributed by atoms with van der Waals surface area (Å²) in [6.07, 6.45) is 3.60. The quantitative estimate of drug-likeness (QED) is 0.902. The van der Waals surface area contributed by atoms with E-state index in [1.54, 1.807) is 0 Å². The summed E-state index contributed by atoms with van der Waals surface area (Å²) >= 11 is 0. The van der Waals surface area contributed by atoms with Gasteiger partial charge in [-0.25, -0.2) is 0 Å². The Balaban J connectivity index is 1.40. The number of rotatable bonds is 5. The molecule has 0 aliphatic carbocycles. The van der Waals surface area contributed by atoms with Gasteiger partial charge in [0.15, 0.2) is 0 Å². The second-order valence-electron chi connectivity index (χ2n) is 5.79. The zero-order chi connectivity index (χ0) is 14.3. The number of benzene rings is 2. The minimum Gasteiger partial charge on any atom is -0.371 e. The van der Waals surface area contributed by atoms with Crippen LogP contribution < -0.4 is 10.2 Å². The fourth-order valence-corrected chi connectivity index (χ4v) is 3.05. The Morgan fingerprint density at radius 2 is 1.48 bits per heavy atom. The van der Waals surface area contributed by atoms with Crippen molar-refractivity contribution in [2.24, 2.45) is 0 Å². The maximum Gasteiger partial charge on any atom is 0.0366 e. The second kappa shape index (κ2) is 7.28. The topological polar surface area (TPSA) is 15.3 Å². The molecule has 21 heavy (non-hydrogen) atoms. The Morgan fingerprint density at radius 3 is 2.14 bits per heavy atom. The van der Waals surface area contributed by atoms with Crippen LogP contribution in [0.15, 0.2) is 60.7 Å². The predicted octanol–water partition coefficient (Wildman–Crippen LogP) is 3.49. The molecule has 1 saturated heterocycles. The van der Waals surface area contributed by atoms with Crippen LogP contribution >= 0.6 is 0 Å². The molecule has 0 atom stereocenters. The molecule has 0 aromatic heterocycles. The first kappa shape index (κ1) is 14.2. The number of para-hydroxylation sites is 1. The van der Waals surface area contributed by atoms with Crippen LogP contribution in [0.2, 0.25) is 0 Å². The molecule has 0 radical (unpaired) electrons. The van der Waals surface area contributed by atoms with Crippen LogP contribution in [0.1, 0.15) is 18.4 Å². The number of anilines is 1. The standard InChI is InChI=1S/C19H24N2/c1-3-7-17(8-4-1)11-14-20-18-12-15-21(16-13-18)19-9-5-2-6-10-19/h1-10,18,20H,11-16H2. The minimum absolute atomic E-state index is 0.675. The number of nitrogens with zero attached hydrogens (tertiary/aromatic N) is 1. The third-order valence-electron chi connectivity index (χ3n) is 4.31. The molecule has 0 unspecified atom stereocenters. The molecule has 1 fully saturated rings. The van der Waals surface area contributed by atoms with E-state index in [0.717, 1.165) is 26.1 Å². The first-order valence-corrected chi connectivity index (χ1v) is 7.99. The van der Waals surface area contributed by atoms with Gasteiger partial charge in [0.05, 0.1) is 0 Å². The van der Waals surface area contributed by atoms with Crippen molar-refractivity contribution in [3.8, 4) is 0 Å². The van der Waals surface area contributed by atoms with E-state index in [-0.39, 0.29) is 0 Å². The third kappa shape index (κ3) is 4.08. The molecule has 1 aliphatic rings. The first-order valence-electron chi connectivity index (χ1n) is 7.99. The van der Waals surface area contributed by atoms with Gasteiger partial charge in [0.25, 0.3) is 0 Å². The van der Waals surface area contributed by atoms with Gasteiger partial charge in [0, 0.05) is 24.8 Å². The summed E-state index contributed by atoms with van der Waals surface area (Å²) in [5, 5.41) is 3.72. The molecule has 0 amide bonds. The van der Waals surface area contributed by atoms with Crippen LogP contribution in [0.5, 0.6) is 0 Å². The highest BCUT2D eigenvalue weighted by Gasteiger charge is 2.18. The van der Waals surface area contributed by atoms with Crippen LogP contribution in [0.3, 0.4) is 0 Å². The fourth-order valence-electron chi connectivity index (χ4n) is 3.05.